The molecule has 1 amide bonds. The summed E-state index contributed by atoms with van der Waals surface area (Å²) < 4.78 is 13.2. The van der Waals surface area contributed by atoms with Crippen molar-refractivity contribution in [3.05, 3.63) is 42.5 Å². The Morgan fingerprint density at radius 2 is 1.87 bits per heavy atom. The molecule has 0 aliphatic rings. The van der Waals surface area contributed by atoms with Crippen molar-refractivity contribution in [2.45, 2.75) is 45.6 Å². The number of fused-ring (bicyclic) bond motifs is 1. The van der Waals surface area contributed by atoms with Crippen molar-refractivity contribution in [3.8, 4) is 22.9 Å². The first kappa shape index (κ1) is 21.7. The summed E-state index contributed by atoms with van der Waals surface area (Å²) in [6.45, 7) is 4.85. The number of hydrogen-bond acceptors (Lipinski definition) is 4. The molecule has 2 aromatic carbocycles. The molecule has 0 saturated carbocycles. The number of carbonyl (C=O) groups is 1. The molecule has 3 rings (SSSR count). The van der Waals surface area contributed by atoms with Gasteiger partial charge < -0.3 is 19.4 Å². The quantitative estimate of drug-likeness (QED) is 0.513. The lowest BCUT2D eigenvalue weighted by atomic mass is 10.1. The Bertz CT molecular complexity index is 997. The van der Waals surface area contributed by atoms with Crippen LogP contribution in [0, 0.1) is 0 Å². The Kier molecular flexibility index (Phi) is 7.33. The SMILES string of the molecule is CCCCC(C(=O)NCCC)n1c(-c2cccc(OC)c2OC)nc2ccccc21. The van der Waals surface area contributed by atoms with Crippen molar-refractivity contribution >= 4 is 16.9 Å². The highest BCUT2D eigenvalue weighted by Gasteiger charge is 2.27. The molecule has 0 fully saturated rings. The third kappa shape index (κ3) is 4.27. The second kappa shape index (κ2) is 10.1. The molecule has 0 saturated heterocycles. The number of para-hydroxylation sites is 3. The molecule has 0 bridgehead atoms. The van der Waals surface area contributed by atoms with Crippen LogP contribution in [0.3, 0.4) is 0 Å². The van der Waals surface area contributed by atoms with Gasteiger partial charge in [-0.2, -0.15) is 0 Å². The number of methoxy groups -OCH3 is 2. The van der Waals surface area contributed by atoms with Gasteiger partial charge in [0.2, 0.25) is 5.91 Å². The van der Waals surface area contributed by atoms with Gasteiger partial charge in [0.15, 0.2) is 11.5 Å². The summed E-state index contributed by atoms with van der Waals surface area (Å²) >= 11 is 0. The number of rotatable bonds is 10. The molecule has 1 atom stereocenters. The van der Waals surface area contributed by atoms with Gasteiger partial charge in [-0.25, -0.2) is 4.98 Å². The van der Waals surface area contributed by atoms with Gasteiger partial charge in [-0.05, 0) is 37.1 Å². The van der Waals surface area contributed by atoms with E-state index in [9.17, 15) is 4.79 Å². The van der Waals surface area contributed by atoms with E-state index in [0.29, 0.717) is 23.9 Å². The third-order valence-electron chi connectivity index (χ3n) is 5.23. The molecular formula is C24H31N3O3. The number of ether oxygens (including phenoxy) is 2. The second-order valence-electron chi connectivity index (χ2n) is 7.28. The molecular weight excluding hydrogens is 378 g/mol. The molecule has 6 nitrogen and oxygen atoms in total. The van der Waals surface area contributed by atoms with Gasteiger partial charge in [-0.15, -0.1) is 0 Å². The second-order valence-corrected chi connectivity index (χ2v) is 7.28. The number of imidazole rings is 1. The van der Waals surface area contributed by atoms with E-state index >= 15 is 0 Å². The van der Waals surface area contributed by atoms with Crippen molar-refractivity contribution in [1.82, 2.24) is 14.9 Å². The standard InChI is InChI=1S/C24H31N3O3/c1-5-7-13-20(24(28)25-16-6-2)27-19-14-9-8-12-18(19)26-23(27)17-11-10-15-21(29-3)22(17)30-4/h8-12,14-15,20H,5-7,13,16H2,1-4H3,(H,25,28). The number of nitrogens with zero attached hydrogens (tertiary/aromatic N) is 2. The van der Waals surface area contributed by atoms with Crippen LogP contribution < -0.4 is 14.8 Å². The van der Waals surface area contributed by atoms with Gasteiger partial charge in [-0.1, -0.05) is 44.9 Å². The van der Waals surface area contributed by atoms with E-state index in [2.05, 4.69) is 23.7 Å². The van der Waals surface area contributed by atoms with Crippen molar-refractivity contribution in [3.63, 3.8) is 0 Å². The molecule has 0 spiro atoms. The van der Waals surface area contributed by atoms with E-state index in [1.165, 1.54) is 0 Å². The molecule has 3 aromatic rings. The monoisotopic (exact) mass is 409 g/mol. The van der Waals surface area contributed by atoms with Crippen molar-refractivity contribution in [1.29, 1.82) is 0 Å². The van der Waals surface area contributed by atoms with Crippen molar-refractivity contribution in [2.75, 3.05) is 20.8 Å². The van der Waals surface area contributed by atoms with Gasteiger partial charge >= 0.3 is 0 Å². The third-order valence-corrected chi connectivity index (χ3v) is 5.23. The minimum absolute atomic E-state index is 0.0246. The molecule has 1 unspecified atom stereocenters. The lowest BCUT2D eigenvalue weighted by Gasteiger charge is -2.22. The number of aromatic nitrogens is 2. The highest BCUT2D eigenvalue weighted by Crippen LogP contribution is 2.40. The van der Waals surface area contributed by atoms with Crippen LogP contribution in [0.15, 0.2) is 42.5 Å². The molecule has 160 valence electrons. The Morgan fingerprint density at radius 3 is 2.57 bits per heavy atom. The van der Waals surface area contributed by atoms with Gasteiger partial charge in [0.25, 0.3) is 0 Å². The number of hydrogen-bond donors (Lipinski definition) is 1. The first-order valence-corrected chi connectivity index (χ1v) is 10.6. The summed E-state index contributed by atoms with van der Waals surface area (Å²) in [5, 5.41) is 3.08. The van der Waals surface area contributed by atoms with Crippen LogP contribution in [0.25, 0.3) is 22.4 Å². The number of unbranched alkanes of at least 4 members (excludes halogenated alkanes) is 1. The van der Waals surface area contributed by atoms with Crippen LogP contribution in [-0.4, -0.2) is 36.2 Å². The Hall–Kier alpha value is -3.02. The average Bonchev–Trinajstić information content (AvgIpc) is 3.16. The summed E-state index contributed by atoms with van der Waals surface area (Å²) in [5.41, 5.74) is 2.59. The van der Waals surface area contributed by atoms with Crippen molar-refractivity contribution < 1.29 is 14.3 Å². The summed E-state index contributed by atoms with van der Waals surface area (Å²) in [6.07, 6.45) is 3.60. The zero-order valence-electron chi connectivity index (χ0n) is 18.3. The van der Waals surface area contributed by atoms with Crippen LogP contribution in [0.4, 0.5) is 0 Å². The summed E-state index contributed by atoms with van der Waals surface area (Å²) in [7, 11) is 3.24. The van der Waals surface area contributed by atoms with E-state index in [1.807, 2.05) is 42.5 Å². The molecule has 1 heterocycles. The molecule has 30 heavy (non-hydrogen) atoms. The highest BCUT2D eigenvalue weighted by atomic mass is 16.5. The normalized spacial score (nSPS) is 12.0. The van der Waals surface area contributed by atoms with E-state index < -0.39 is 0 Å². The largest absolute Gasteiger partial charge is 0.493 e. The Morgan fingerprint density at radius 1 is 1.07 bits per heavy atom. The van der Waals surface area contributed by atoms with Gasteiger partial charge in [0.05, 0.1) is 30.8 Å². The smallest absolute Gasteiger partial charge is 0.243 e. The fraction of sp³-hybridized carbons (Fsp3) is 0.417. The summed E-state index contributed by atoms with van der Waals surface area (Å²) in [6, 6.07) is 13.3. The number of benzene rings is 2. The number of nitrogens with one attached hydrogen (secondary N) is 1. The zero-order valence-corrected chi connectivity index (χ0v) is 18.3. The highest BCUT2D eigenvalue weighted by molar-refractivity contribution is 5.88. The average molecular weight is 410 g/mol. The maximum Gasteiger partial charge on any atom is 0.243 e. The van der Waals surface area contributed by atoms with Gasteiger partial charge in [0, 0.05) is 6.54 Å². The van der Waals surface area contributed by atoms with Crippen LogP contribution in [0.5, 0.6) is 11.5 Å². The van der Waals surface area contributed by atoms with E-state index in [0.717, 1.165) is 42.3 Å². The maximum atomic E-state index is 13.2. The molecule has 6 heteroatoms. The van der Waals surface area contributed by atoms with Crippen LogP contribution in [0.2, 0.25) is 0 Å². The first-order valence-electron chi connectivity index (χ1n) is 10.6. The Labute approximate surface area is 178 Å². The minimum Gasteiger partial charge on any atom is -0.493 e. The summed E-state index contributed by atoms with van der Waals surface area (Å²) in [5.74, 6) is 1.98. The number of carbonyl (C=O) groups excluding carboxylic acids is 1. The lowest BCUT2D eigenvalue weighted by Crippen LogP contribution is -2.33. The minimum atomic E-state index is -0.352. The first-order chi connectivity index (χ1) is 14.7. The maximum absolute atomic E-state index is 13.2. The molecule has 0 radical (unpaired) electrons. The van der Waals surface area contributed by atoms with E-state index in [-0.39, 0.29) is 11.9 Å². The zero-order chi connectivity index (χ0) is 21.5. The van der Waals surface area contributed by atoms with Gasteiger partial charge in [0.1, 0.15) is 11.9 Å². The number of amides is 1. The molecule has 0 aliphatic heterocycles. The van der Waals surface area contributed by atoms with Crippen LogP contribution in [-0.2, 0) is 4.79 Å². The molecule has 1 N–H and O–H groups in total. The fourth-order valence-corrected chi connectivity index (χ4v) is 3.75. The van der Waals surface area contributed by atoms with E-state index in [4.69, 9.17) is 14.5 Å². The molecule has 0 aliphatic carbocycles. The van der Waals surface area contributed by atoms with E-state index in [1.54, 1.807) is 14.2 Å². The molecule has 1 aromatic heterocycles. The van der Waals surface area contributed by atoms with Crippen molar-refractivity contribution in [2.24, 2.45) is 0 Å². The predicted molar refractivity (Wildman–Crippen MR) is 120 cm³/mol. The van der Waals surface area contributed by atoms with Crippen LogP contribution in [0.1, 0.15) is 45.6 Å². The fourth-order valence-electron chi connectivity index (χ4n) is 3.75. The predicted octanol–water partition coefficient (Wildman–Crippen LogP) is 4.98. The van der Waals surface area contributed by atoms with Gasteiger partial charge in [-0.3, -0.25) is 4.79 Å². The lowest BCUT2D eigenvalue weighted by molar-refractivity contribution is -0.124. The van der Waals surface area contributed by atoms with Crippen LogP contribution >= 0.6 is 0 Å². The summed E-state index contributed by atoms with van der Waals surface area (Å²) in [4.78, 5) is 18.1. The Balaban J connectivity index is 2.24. The topological polar surface area (TPSA) is 65.4 Å².